The number of aromatic hydroxyl groups is 2. The number of benzene rings is 4. The first-order chi connectivity index (χ1) is 18.1. The van der Waals surface area contributed by atoms with Gasteiger partial charge in [0.1, 0.15) is 17.2 Å². The van der Waals surface area contributed by atoms with Gasteiger partial charge in [0.2, 0.25) is 0 Å². The first-order valence-corrected chi connectivity index (χ1v) is 13.5. The highest BCUT2D eigenvalue weighted by Gasteiger charge is 2.38. The fourth-order valence-electron chi connectivity index (χ4n) is 5.16. The largest absolute Gasteiger partial charge is 0.508 e. The van der Waals surface area contributed by atoms with Gasteiger partial charge in [0, 0.05) is 0 Å². The van der Waals surface area contributed by atoms with Crippen molar-refractivity contribution in [2.24, 2.45) is 0 Å². The molecular formula is C34H38O3. The minimum absolute atomic E-state index is 0.227. The Kier molecular flexibility index (Phi) is 9.26. The van der Waals surface area contributed by atoms with Crippen molar-refractivity contribution < 1.29 is 14.9 Å². The van der Waals surface area contributed by atoms with Crippen LogP contribution in [0.25, 0.3) is 0 Å². The summed E-state index contributed by atoms with van der Waals surface area (Å²) in [4.78, 5) is 0. The van der Waals surface area contributed by atoms with Crippen LogP contribution in [0.1, 0.15) is 74.1 Å². The Bertz CT molecular complexity index is 1150. The standard InChI is InChI=1S/C34H38O3/c1-2-3-4-5-6-7-11-26-37-33-24-18-30(19-25-33)34(27-12-9-8-10-13-27,28-14-20-31(35)21-15-28)29-16-22-32(36)23-17-29/h8-10,12-25,35-36H,2-7,11,26H2,1H3. The van der Waals surface area contributed by atoms with Gasteiger partial charge in [-0.25, -0.2) is 0 Å². The molecule has 192 valence electrons. The number of unbranched alkanes of at least 4 members (excludes halogenated alkanes) is 6. The molecule has 37 heavy (non-hydrogen) atoms. The van der Waals surface area contributed by atoms with Crippen LogP contribution in [-0.2, 0) is 5.41 Å². The monoisotopic (exact) mass is 494 g/mol. The Morgan fingerprint density at radius 2 is 0.946 bits per heavy atom. The van der Waals surface area contributed by atoms with E-state index in [2.05, 4.69) is 43.3 Å². The number of rotatable bonds is 13. The summed E-state index contributed by atoms with van der Waals surface area (Å²) in [6, 6.07) is 33.5. The second kappa shape index (κ2) is 13.0. The van der Waals surface area contributed by atoms with Crippen LogP contribution in [-0.4, -0.2) is 16.8 Å². The van der Waals surface area contributed by atoms with Crippen LogP contribution >= 0.6 is 0 Å². The molecule has 0 aliphatic rings. The Labute approximate surface area is 221 Å². The molecule has 4 aromatic rings. The molecule has 0 fully saturated rings. The second-order valence-electron chi connectivity index (χ2n) is 9.70. The summed E-state index contributed by atoms with van der Waals surface area (Å²) in [6.45, 7) is 2.98. The van der Waals surface area contributed by atoms with E-state index in [1.54, 1.807) is 24.3 Å². The molecule has 0 spiro atoms. The molecular weight excluding hydrogens is 456 g/mol. The van der Waals surface area contributed by atoms with Gasteiger partial charge in [0.25, 0.3) is 0 Å². The molecule has 0 aliphatic carbocycles. The Morgan fingerprint density at radius 1 is 0.514 bits per heavy atom. The summed E-state index contributed by atoms with van der Waals surface area (Å²) < 4.78 is 6.08. The lowest BCUT2D eigenvalue weighted by Crippen LogP contribution is -2.30. The highest BCUT2D eigenvalue weighted by molar-refractivity contribution is 5.61. The Balaban J connectivity index is 1.64. The van der Waals surface area contributed by atoms with Gasteiger partial charge < -0.3 is 14.9 Å². The second-order valence-corrected chi connectivity index (χ2v) is 9.70. The van der Waals surface area contributed by atoms with Gasteiger partial charge in [0.05, 0.1) is 12.0 Å². The summed E-state index contributed by atoms with van der Waals surface area (Å²) in [5.74, 6) is 1.32. The molecule has 4 aromatic carbocycles. The van der Waals surface area contributed by atoms with Crippen LogP contribution in [0, 0.1) is 0 Å². The van der Waals surface area contributed by atoms with Gasteiger partial charge >= 0.3 is 0 Å². The van der Waals surface area contributed by atoms with E-state index in [1.807, 2.05) is 42.5 Å². The molecule has 2 N–H and O–H groups in total. The predicted molar refractivity (Wildman–Crippen MR) is 152 cm³/mol. The van der Waals surface area contributed by atoms with Gasteiger partial charge in [-0.15, -0.1) is 0 Å². The minimum Gasteiger partial charge on any atom is -0.508 e. The third-order valence-corrected chi connectivity index (χ3v) is 7.11. The molecule has 0 heterocycles. The van der Waals surface area contributed by atoms with E-state index >= 15 is 0 Å². The third kappa shape index (κ3) is 6.35. The summed E-state index contributed by atoms with van der Waals surface area (Å²) in [5, 5.41) is 20.1. The molecule has 0 radical (unpaired) electrons. The minimum atomic E-state index is -0.639. The van der Waals surface area contributed by atoms with Gasteiger partial charge in [-0.05, 0) is 65.1 Å². The topological polar surface area (TPSA) is 49.7 Å². The van der Waals surface area contributed by atoms with Crippen molar-refractivity contribution in [3.05, 3.63) is 125 Å². The fourth-order valence-corrected chi connectivity index (χ4v) is 5.16. The van der Waals surface area contributed by atoms with E-state index in [0.29, 0.717) is 0 Å². The first kappa shape index (κ1) is 26.3. The van der Waals surface area contributed by atoms with Crippen LogP contribution < -0.4 is 4.74 Å². The molecule has 0 saturated heterocycles. The first-order valence-electron chi connectivity index (χ1n) is 13.5. The summed E-state index contributed by atoms with van der Waals surface area (Å²) in [6.07, 6.45) is 8.83. The van der Waals surface area contributed by atoms with E-state index in [4.69, 9.17) is 4.74 Å². The molecule has 0 atom stereocenters. The number of hydrogen-bond donors (Lipinski definition) is 2. The molecule has 0 amide bonds. The van der Waals surface area contributed by atoms with E-state index in [1.165, 1.54) is 38.5 Å². The highest BCUT2D eigenvalue weighted by Crippen LogP contribution is 2.46. The van der Waals surface area contributed by atoms with Gasteiger partial charge in [-0.3, -0.25) is 0 Å². The number of ether oxygens (including phenoxy) is 1. The summed E-state index contributed by atoms with van der Waals surface area (Å²) in [5.41, 5.74) is 3.60. The molecule has 0 bridgehead atoms. The molecule has 0 aliphatic heterocycles. The SMILES string of the molecule is CCCCCCCCCOc1ccc(C(c2ccccc2)(c2ccc(O)cc2)c2ccc(O)cc2)cc1. The lowest BCUT2D eigenvalue weighted by Gasteiger charge is -2.37. The number of phenolic OH excluding ortho intramolecular Hbond substituents is 2. The van der Waals surface area contributed by atoms with Crippen LogP contribution in [0.5, 0.6) is 17.2 Å². The molecule has 0 unspecified atom stereocenters. The fraction of sp³-hybridized carbons (Fsp3) is 0.294. The normalized spacial score (nSPS) is 11.4. The van der Waals surface area contributed by atoms with Crippen LogP contribution in [0.15, 0.2) is 103 Å². The van der Waals surface area contributed by atoms with E-state index in [0.717, 1.165) is 41.0 Å². The zero-order chi connectivity index (χ0) is 25.9. The maximum Gasteiger partial charge on any atom is 0.119 e. The van der Waals surface area contributed by atoms with E-state index in [-0.39, 0.29) is 11.5 Å². The van der Waals surface area contributed by atoms with Crippen LogP contribution in [0.2, 0.25) is 0 Å². The molecule has 0 saturated carbocycles. The van der Waals surface area contributed by atoms with Gasteiger partial charge in [-0.1, -0.05) is 112 Å². The van der Waals surface area contributed by atoms with Crippen molar-refractivity contribution in [1.29, 1.82) is 0 Å². The highest BCUT2D eigenvalue weighted by atomic mass is 16.5. The van der Waals surface area contributed by atoms with Crippen LogP contribution in [0.4, 0.5) is 0 Å². The zero-order valence-corrected chi connectivity index (χ0v) is 21.8. The van der Waals surface area contributed by atoms with E-state index < -0.39 is 5.41 Å². The average Bonchev–Trinajstić information content (AvgIpc) is 2.94. The number of phenols is 2. The average molecular weight is 495 g/mol. The lowest BCUT2D eigenvalue weighted by atomic mass is 9.65. The molecule has 4 rings (SSSR count). The lowest BCUT2D eigenvalue weighted by molar-refractivity contribution is 0.304. The Morgan fingerprint density at radius 3 is 1.46 bits per heavy atom. The Hall–Kier alpha value is -3.72. The predicted octanol–water partition coefficient (Wildman–Crippen LogP) is 8.61. The maximum absolute atomic E-state index is 10.0. The summed E-state index contributed by atoms with van der Waals surface area (Å²) in [7, 11) is 0. The van der Waals surface area contributed by atoms with Crippen molar-refractivity contribution >= 4 is 0 Å². The van der Waals surface area contributed by atoms with Gasteiger partial charge in [0.15, 0.2) is 0 Å². The zero-order valence-electron chi connectivity index (χ0n) is 21.8. The quantitative estimate of drug-likeness (QED) is 0.144. The molecule has 0 aromatic heterocycles. The van der Waals surface area contributed by atoms with Crippen molar-refractivity contribution in [3.63, 3.8) is 0 Å². The number of hydrogen-bond acceptors (Lipinski definition) is 3. The molecule has 3 nitrogen and oxygen atoms in total. The van der Waals surface area contributed by atoms with Gasteiger partial charge in [-0.2, -0.15) is 0 Å². The molecule has 3 heteroatoms. The van der Waals surface area contributed by atoms with E-state index in [9.17, 15) is 10.2 Å². The van der Waals surface area contributed by atoms with Crippen LogP contribution in [0.3, 0.4) is 0 Å². The van der Waals surface area contributed by atoms with Crippen molar-refractivity contribution in [3.8, 4) is 17.2 Å². The third-order valence-electron chi connectivity index (χ3n) is 7.11. The van der Waals surface area contributed by atoms with Crippen molar-refractivity contribution in [2.45, 2.75) is 57.3 Å². The summed E-state index contributed by atoms with van der Waals surface area (Å²) >= 11 is 0. The smallest absolute Gasteiger partial charge is 0.119 e. The van der Waals surface area contributed by atoms with Crippen molar-refractivity contribution in [1.82, 2.24) is 0 Å². The van der Waals surface area contributed by atoms with Crippen molar-refractivity contribution in [2.75, 3.05) is 6.61 Å². The maximum atomic E-state index is 10.0.